The first-order chi connectivity index (χ1) is 13.6. The van der Waals surface area contributed by atoms with Gasteiger partial charge in [-0.25, -0.2) is 4.39 Å². The molecule has 0 saturated carbocycles. The average Bonchev–Trinajstić information content (AvgIpc) is 2.72. The van der Waals surface area contributed by atoms with Gasteiger partial charge in [-0.3, -0.25) is 9.59 Å². The van der Waals surface area contributed by atoms with Crippen LogP contribution in [-0.2, 0) is 4.79 Å². The van der Waals surface area contributed by atoms with Crippen LogP contribution in [0.1, 0.15) is 43.0 Å². The number of benzene rings is 2. The van der Waals surface area contributed by atoms with Crippen molar-refractivity contribution in [3.63, 3.8) is 0 Å². The summed E-state index contributed by atoms with van der Waals surface area (Å²) < 4.78 is 23.7. The minimum Gasteiger partial charge on any atom is -0.494 e. The van der Waals surface area contributed by atoms with E-state index in [1.54, 1.807) is 36.4 Å². The van der Waals surface area contributed by atoms with E-state index in [0.717, 1.165) is 12.2 Å². The van der Waals surface area contributed by atoms with Crippen LogP contribution in [0.25, 0.3) is 0 Å². The maximum Gasteiger partial charge on any atom is 0.220 e. The van der Waals surface area contributed by atoms with Gasteiger partial charge in [0.1, 0.15) is 17.3 Å². The second kappa shape index (κ2) is 11.7. The second-order valence-corrected chi connectivity index (χ2v) is 6.30. The molecule has 1 N–H and O–H groups in total. The predicted octanol–water partition coefficient (Wildman–Crippen LogP) is 4.16. The van der Waals surface area contributed by atoms with Gasteiger partial charge in [0.25, 0.3) is 0 Å². The maximum atomic E-state index is 12.8. The highest BCUT2D eigenvalue weighted by molar-refractivity contribution is 5.98. The standard InChI is InChI=1S/C22H26FNO4/c1-2-15-27-19-8-4-17(5-9-19)21(25)12-13-22(26)24-14-3-16-28-20-10-6-18(23)7-11-20/h4-11H,2-3,12-16H2,1H3,(H,24,26). The van der Waals surface area contributed by atoms with Crippen LogP contribution in [0.5, 0.6) is 11.5 Å². The molecule has 0 heterocycles. The minimum atomic E-state index is -0.310. The summed E-state index contributed by atoms with van der Waals surface area (Å²) in [5.74, 6) is 0.772. The van der Waals surface area contributed by atoms with Crippen LogP contribution in [0.4, 0.5) is 4.39 Å². The van der Waals surface area contributed by atoms with Gasteiger partial charge >= 0.3 is 0 Å². The van der Waals surface area contributed by atoms with Crippen molar-refractivity contribution in [2.45, 2.75) is 32.6 Å². The summed E-state index contributed by atoms with van der Waals surface area (Å²) in [5.41, 5.74) is 0.573. The molecule has 0 unspecified atom stereocenters. The number of ketones is 1. The quantitative estimate of drug-likeness (QED) is 0.439. The minimum absolute atomic E-state index is 0.0724. The molecule has 0 bridgehead atoms. The molecule has 6 heteroatoms. The molecule has 0 radical (unpaired) electrons. The third-order valence-corrected chi connectivity index (χ3v) is 3.95. The van der Waals surface area contributed by atoms with Crippen molar-refractivity contribution in [3.8, 4) is 11.5 Å². The van der Waals surface area contributed by atoms with E-state index in [9.17, 15) is 14.0 Å². The van der Waals surface area contributed by atoms with E-state index in [2.05, 4.69) is 5.32 Å². The summed E-state index contributed by atoms with van der Waals surface area (Å²) in [6.07, 6.45) is 1.85. The largest absolute Gasteiger partial charge is 0.494 e. The van der Waals surface area contributed by atoms with E-state index in [1.807, 2.05) is 6.92 Å². The SMILES string of the molecule is CCCOc1ccc(C(=O)CCC(=O)NCCCOc2ccc(F)cc2)cc1. The Morgan fingerprint density at radius 1 is 0.893 bits per heavy atom. The fraction of sp³-hybridized carbons (Fsp3) is 0.364. The number of hydrogen-bond donors (Lipinski definition) is 1. The third-order valence-electron chi connectivity index (χ3n) is 3.95. The highest BCUT2D eigenvalue weighted by atomic mass is 19.1. The zero-order valence-corrected chi connectivity index (χ0v) is 16.1. The molecule has 0 fully saturated rings. The second-order valence-electron chi connectivity index (χ2n) is 6.30. The van der Waals surface area contributed by atoms with Gasteiger partial charge in [-0.05, 0) is 61.4 Å². The number of nitrogens with one attached hydrogen (secondary N) is 1. The lowest BCUT2D eigenvalue weighted by Gasteiger charge is -2.08. The molecule has 5 nitrogen and oxygen atoms in total. The smallest absolute Gasteiger partial charge is 0.220 e. The van der Waals surface area contributed by atoms with E-state index in [-0.39, 0.29) is 30.3 Å². The zero-order chi connectivity index (χ0) is 20.2. The van der Waals surface area contributed by atoms with Crippen molar-refractivity contribution in [2.75, 3.05) is 19.8 Å². The zero-order valence-electron chi connectivity index (χ0n) is 16.1. The van der Waals surface area contributed by atoms with Crippen molar-refractivity contribution >= 4 is 11.7 Å². The lowest BCUT2D eigenvalue weighted by Crippen LogP contribution is -2.25. The fourth-order valence-corrected chi connectivity index (χ4v) is 2.44. The molecule has 150 valence electrons. The van der Waals surface area contributed by atoms with Gasteiger partial charge < -0.3 is 14.8 Å². The molecule has 1 amide bonds. The maximum absolute atomic E-state index is 12.8. The number of carbonyl (C=O) groups excluding carboxylic acids is 2. The van der Waals surface area contributed by atoms with E-state index in [4.69, 9.17) is 9.47 Å². The number of hydrogen-bond acceptors (Lipinski definition) is 4. The molecule has 0 aliphatic heterocycles. The van der Waals surface area contributed by atoms with Gasteiger partial charge in [0.15, 0.2) is 5.78 Å². The average molecular weight is 387 g/mol. The lowest BCUT2D eigenvalue weighted by molar-refractivity contribution is -0.121. The topological polar surface area (TPSA) is 64.6 Å². The summed E-state index contributed by atoms with van der Waals surface area (Å²) in [4.78, 5) is 24.0. The molecule has 0 aromatic heterocycles. The van der Waals surface area contributed by atoms with Crippen molar-refractivity contribution in [3.05, 3.63) is 59.9 Å². The van der Waals surface area contributed by atoms with Crippen LogP contribution >= 0.6 is 0 Å². The highest BCUT2D eigenvalue weighted by Gasteiger charge is 2.09. The van der Waals surface area contributed by atoms with Crippen LogP contribution in [0.15, 0.2) is 48.5 Å². The Morgan fingerprint density at radius 2 is 1.50 bits per heavy atom. The van der Waals surface area contributed by atoms with Crippen LogP contribution in [0.3, 0.4) is 0 Å². The van der Waals surface area contributed by atoms with Gasteiger partial charge in [0.05, 0.1) is 13.2 Å². The molecule has 0 spiro atoms. The van der Waals surface area contributed by atoms with Gasteiger partial charge in [-0.1, -0.05) is 6.92 Å². The van der Waals surface area contributed by atoms with E-state index in [1.165, 1.54) is 12.1 Å². The molecule has 2 aromatic rings. The van der Waals surface area contributed by atoms with Crippen LogP contribution < -0.4 is 14.8 Å². The van der Waals surface area contributed by atoms with Gasteiger partial charge in [0, 0.05) is 24.9 Å². The lowest BCUT2D eigenvalue weighted by atomic mass is 10.1. The number of ether oxygens (including phenoxy) is 2. The molecule has 0 saturated heterocycles. The molecule has 0 aliphatic carbocycles. The van der Waals surface area contributed by atoms with E-state index in [0.29, 0.717) is 37.5 Å². The van der Waals surface area contributed by atoms with Gasteiger partial charge in [-0.2, -0.15) is 0 Å². The molecule has 0 aliphatic rings. The summed E-state index contributed by atoms with van der Waals surface area (Å²) in [6, 6.07) is 12.8. The molecule has 2 aromatic carbocycles. The van der Waals surface area contributed by atoms with Gasteiger partial charge in [0.2, 0.25) is 5.91 Å². The van der Waals surface area contributed by atoms with Crippen molar-refractivity contribution < 1.29 is 23.5 Å². The van der Waals surface area contributed by atoms with Gasteiger partial charge in [-0.15, -0.1) is 0 Å². The Bertz CT molecular complexity index is 744. The first kappa shape index (κ1) is 21.4. The molecular formula is C22H26FNO4. The summed E-state index contributed by atoms with van der Waals surface area (Å²) in [7, 11) is 0. The third kappa shape index (κ3) is 7.78. The van der Waals surface area contributed by atoms with Crippen LogP contribution in [-0.4, -0.2) is 31.4 Å². The molecule has 2 rings (SSSR count). The fourth-order valence-electron chi connectivity index (χ4n) is 2.44. The number of Topliss-reactive ketones (excluding diaryl/α,β-unsaturated/α-hetero) is 1. The normalized spacial score (nSPS) is 10.4. The predicted molar refractivity (Wildman–Crippen MR) is 105 cm³/mol. The number of amides is 1. The number of carbonyl (C=O) groups is 2. The first-order valence-corrected chi connectivity index (χ1v) is 9.49. The monoisotopic (exact) mass is 387 g/mol. The molecule has 28 heavy (non-hydrogen) atoms. The Balaban J connectivity index is 1.59. The van der Waals surface area contributed by atoms with Crippen LogP contribution in [0, 0.1) is 5.82 Å². The first-order valence-electron chi connectivity index (χ1n) is 9.49. The Kier molecular flexibility index (Phi) is 8.98. The summed E-state index contributed by atoms with van der Waals surface area (Å²) in [5, 5.41) is 2.77. The van der Waals surface area contributed by atoms with Crippen molar-refractivity contribution in [1.82, 2.24) is 5.32 Å². The van der Waals surface area contributed by atoms with E-state index >= 15 is 0 Å². The van der Waals surface area contributed by atoms with Crippen LogP contribution in [0.2, 0.25) is 0 Å². The summed E-state index contributed by atoms with van der Waals surface area (Å²) >= 11 is 0. The Labute approximate surface area is 164 Å². The summed E-state index contributed by atoms with van der Waals surface area (Å²) in [6.45, 7) is 3.54. The van der Waals surface area contributed by atoms with Crippen molar-refractivity contribution in [1.29, 1.82) is 0 Å². The van der Waals surface area contributed by atoms with Crippen molar-refractivity contribution in [2.24, 2.45) is 0 Å². The highest BCUT2D eigenvalue weighted by Crippen LogP contribution is 2.14. The molecular weight excluding hydrogens is 361 g/mol. The Hall–Kier alpha value is -2.89. The van der Waals surface area contributed by atoms with E-state index < -0.39 is 0 Å². The Morgan fingerprint density at radius 3 is 2.14 bits per heavy atom. The number of rotatable bonds is 12. The molecule has 0 atom stereocenters. The number of halogens is 1.